The van der Waals surface area contributed by atoms with E-state index in [1.54, 1.807) is 0 Å². The first-order chi connectivity index (χ1) is 3.86. The lowest BCUT2D eigenvalue weighted by atomic mass is 10.00. The lowest BCUT2D eigenvalue weighted by Crippen LogP contribution is -2.05. The Morgan fingerprint density at radius 3 is 2.88 bits per heavy atom. The van der Waals surface area contributed by atoms with Crippen molar-refractivity contribution in [2.45, 2.75) is 25.7 Å². The summed E-state index contributed by atoms with van der Waals surface area (Å²) in [6.45, 7) is 0. The molecule has 8 heavy (non-hydrogen) atoms. The van der Waals surface area contributed by atoms with Crippen molar-refractivity contribution in [1.82, 2.24) is 0 Å². The van der Waals surface area contributed by atoms with Gasteiger partial charge in [0.25, 0.3) is 0 Å². The van der Waals surface area contributed by atoms with E-state index in [9.17, 15) is 4.79 Å². The van der Waals surface area contributed by atoms with Gasteiger partial charge in [0.2, 0.25) is 0 Å². The third-order valence-electron chi connectivity index (χ3n) is 2.35. The van der Waals surface area contributed by atoms with Crippen LogP contribution in [0.25, 0.3) is 0 Å². The molecule has 0 aromatic rings. The molecule has 2 aliphatic carbocycles. The number of fused-ring (bicyclic) bond motifs is 1. The molecule has 0 aromatic carbocycles. The van der Waals surface area contributed by atoms with Crippen molar-refractivity contribution < 1.29 is 4.79 Å². The monoisotopic (exact) mass is 110 g/mol. The SMILES string of the molecule is O=C1CC[C@H]2C[C@@H]2C1. The van der Waals surface area contributed by atoms with E-state index in [0.29, 0.717) is 5.78 Å². The summed E-state index contributed by atoms with van der Waals surface area (Å²) in [6, 6.07) is 0. The molecule has 0 aliphatic heterocycles. The quantitative estimate of drug-likeness (QED) is 0.460. The average Bonchev–Trinajstić information content (AvgIpc) is 2.43. The predicted octanol–water partition coefficient (Wildman–Crippen LogP) is 1.38. The van der Waals surface area contributed by atoms with E-state index in [1.807, 2.05) is 0 Å². The molecule has 0 N–H and O–H groups in total. The van der Waals surface area contributed by atoms with Gasteiger partial charge in [-0.2, -0.15) is 0 Å². The molecule has 0 radical (unpaired) electrons. The molecule has 0 unspecified atom stereocenters. The van der Waals surface area contributed by atoms with Gasteiger partial charge in [-0.1, -0.05) is 0 Å². The molecule has 0 spiro atoms. The highest BCUT2D eigenvalue weighted by atomic mass is 16.1. The largest absolute Gasteiger partial charge is 0.300 e. The van der Waals surface area contributed by atoms with Gasteiger partial charge in [-0.3, -0.25) is 4.79 Å². The van der Waals surface area contributed by atoms with Crippen molar-refractivity contribution in [2.75, 3.05) is 0 Å². The fourth-order valence-corrected chi connectivity index (χ4v) is 1.65. The van der Waals surface area contributed by atoms with Crippen LogP contribution >= 0.6 is 0 Å². The minimum Gasteiger partial charge on any atom is -0.300 e. The second-order valence-corrected chi connectivity index (χ2v) is 3.04. The van der Waals surface area contributed by atoms with Crippen LogP contribution in [0.5, 0.6) is 0 Å². The molecule has 2 rings (SSSR count). The average molecular weight is 110 g/mol. The summed E-state index contributed by atoms with van der Waals surface area (Å²) in [5, 5.41) is 0. The van der Waals surface area contributed by atoms with Gasteiger partial charge in [0.1, 0.15) is 5.78 Å². The molecular formula is C7H10O. The molecule has 2 aliphatic rings. The maximum Gasteiger partial charge on any atom is 0.133 e. The number of carbonyl (C=O) groups excluding carboxylic acids is 1. The van der Waals surface area contributed by atoms with Crippen molar-refractivity contribution in [3.63, 3.8) is 0 Å². The molecule has 1 heteroatoms. The Balaban J connectivity index is 2.02. The van der Waals surface area contributed by atoms with E-state index in [2.05, 4.69) is 0 Å². The summed E-state index contributed by atoms with van der Waals surface area (Å²) in [5.41, 5.74) is 0. The lowest BCUT2D eigenvalue weighted by molar-refractivity contribution is -0.120. The van der Waals surface area contributed by atoms with Gasteiger partial charge in [0.05, 0.1) is 0 Å². The van der Waals surface area contributed by atoms with E-state index in [1.165, 1.54) is 12.8 Å². The topological polar surface area (TPSA) is 17.1 Å². The summed E-state index contributed by atoms with van der Waals surface area (Å²) in [6.07, 6.45) is 4.33. The number of hydrogen-bond acceptors (Lipinski definition) is 1. The van der Waals surface area contributed by atoms with Gasteiger partial charge in [-0.25, -0.2) is 0 Å². The van der Waals surface area contributed by atoms with Crippen molar-refractivity contribution >= 4 is 5.78 Å². The molecule has 0 amide bonds. The molecular weight excluding hydrogens is 100 g/mol. The number of Topliss-reactive ketones (excluding diaryl/α,β-unsaturated/α-hetero) is 1. The second-order valence-electron chi connectivity index (χ2n) is 3.04. The first-order valence-corrected chi connectivity index (χ1v) is 3.38. The summed E-state index contributed by atoms with van der Waals surface area (Å²) in [7, 11) is 0. The standard InChI is InChI=1S/C7H10O/c8-7-2-1-5-3-6(5)4-7/h5-6H,1-4H2/t5-,6+/m0/s1. The fourth-order valence-electron chi connectivity index (χ4n) is 1.65. The summed E-state index contributed by atoms with van der Waals surface area (Å²) in [4.78, 5) is 10.7. The van der Waals surface area contributed by atoms with Gasteiger partial charge in [0, 0.05) is 12.8 Å². The van der Waals surface area contributed by atoms with Crippen LogP contribution in [0.4, 0.5) is 0 Å². The molecule has 0 saturated heterocycles. The van der Waals surface area contributed by atoms with E-state index in [0.717, 1.165) is 24.7 Å². The Labute approximate surface area is 49.1 Å². The molecule has 2 saturated carbocycles. The van der Waals surface area contributed by atoms with Crippen LogP contribution in [0.3, 0.4) is 0 Å². The van der Waals surface area contributed by atoms with Gasteiger partial charge in [-0.05, 0) is 24.7 Å². The van der Waals surface area contributed by atoms with E-state index in [4.69, 9.17) is 0 Å². The van der Waals surface area contributed by atoms with Gasteiger partial charge >= 0.3 is 0 Å². The maximum absolute atomic E-state index is 10.7. The number of hydrogen-bond donors (Lipinski definition) is 0. The zero-order valence-corrected chi connectivity index (χ0v) is 4.89. The maximum atomic E-state index is 10.7. The summed E-state index contributed by atoms with van der Waals surface area (Å²) < 4.78 is 0. The van der Waals surface area contributed by atoms with E-state index in [-0.39, 0.29) is 0 Å². The Kier molecular flexibility index (Phi) is 0.758. The minimum atomic E-state index is 0.503. The second kappa shape index (κ2) is 1.34. The first-order valence-electron chi connectivity index (χ1n) is 3.38. The normalized spacial score (nSPS) is 43.8. The van der Waals surface area contributed by atoms with Crippen LogP contribution in [0.2, 0.25) is 0 Å². The molecule has 2 atom stereocenters. The molecule has 2 fully saturated rings. The van der Waals surface area contributed by atoms with Gasteiger partial charge in [-0.15, -0.1) is 0 Å². The smallest absolute Gasteiger partial charge is 0.133 e. The highest BCUT2D eigenvalue weighted by molar-refractivity contribution is 5.80. The minimum absolute atomic E-state index is 0.503. The van der Waals surface area contributed by atoms with E-state index >= 15 is 0 Å². The predicted molar refractivity (Wildman–Crippen MR) is 30.5 cm³/mol. The van der Waals surface area contributed by atoms with Crippen LogP contribution in [0, 0.1) is 11.8 Å². The van der Waals surface area contributed by atoms with Crippen LogP contribution in [0.1, 0.15) is 25.7 Å². The molecule has 0 aromatic heterocycles. The van der Waals surface area contributed by atoms with Crippen molar-refractivity contribution in [2.24, 2.45) is 11.8 Å². The Hall–Kier alpha value is -0.330. The van der Waals surface area contributed by atoms with Crippen LogP contribution in [-0.2, 0) is 4.79 Å². The van der Waals surface area contributed by atoms with Gasteiger partial charge in [0.15, 0.2) is 0 Å². The summed E-state index contributed by atoms with van der Waals surface area (Å²) in [5.74, 6) is 2.30. The zero-order valence-electron chi connectivity index (χ0n) is 4.89. The fraction of sp³-hybridized carbons (Fsp3) is 0.857. The Morgan fingerprint density at radius 2 is 2.25 bits per heavy atom. The molecule has 44 valence electrons. The van der Waals surface area contributed by atoms with Crippen LogP contribution in [-0.4, -0.2) is 5.78 Å². The third kappa shape index (κ3) is 0.575. The number of carbonyl (C=O) groups is 1. The van der Waals surface area contributed by atoms with Crippen molar-refractivity contribution in [3.05, 3.63) is 0 Å². The van der Waals surface area contributed by atoms with Gasteiger partial charge < -0.3 is 0 Å². The molecule has 0 heterocycles. The van der Waals surface area contributed by atoms with Crippen LogP contribution in [0.15, 0.2) is 0 Å². The van der Waals surface area contributed by atoms with E-state index < -0.39 is 0 Å². The van der Waals surface area contributed by atoms with Crippen molar-refractivity contribution in [1.29, 1.82) is 0 Å². The highest BCUT2D eigenvalue weighted by Crippen LogP contribution is 2.47. The number of rotatable bonds is 0. The lowest BCUT2D eigenvalue weighted by Gasteiger charge is -2.04. The first kappa shape index (κ1) is 4.54. The van der Waals surface area contributed by atoms with Crippen LogP contribution < -0.4 is 0 Å². The Bertz CT molecular complexity index is 128. The Morgan fingerprint density at radius 1 is 1.38 bits per heavy atom. The zero-order chi connectivity index (χ0) is 5.56. The highest BCUT2D eigenvalue weighted by Gasteiger charge is 2.41. The third-order valence-corrected chi connectivity index (χ3v) is 2.35. The molecule has 0 bridgehead atoms. The number of ketones is 1. The summed E-state index contributed by atoms with van der Waals surface area (Å²) >= 11 is 0. The molecule has 1 nitrogen and oxygen atoms in total. The van der Waals surface area contributed by atoms with Crippen molar-refractivity contribution in [3.8, 4) is 0 Å².